The molecule has 0 saturated carbocycles. The highest BCUT2D eigenvalue weighted by Crippen LogP contribution is 2.35. The van der Waals surface area contributed by atoms with Gasteiger partial charge in [0.25, 0.3) is 5.23 Å². The second-order valence-corrected chi connectivity index (χ2v) is 6.87. The van der Waals surface area contributed by atoms with E-state index in [9.17, 15) is 10.1 Å². The van der Waals surface area contributed by atoms with E-state index in [0.717, 1.165) is 25.9 Å². The first-order valence-electron chi connectivity index (χ1n) is 8.24. The van der Waals surface area contributed by atoms with Gasteiger partial charge in [-0.3, -0.25) is 4.79 Å². The van der Waals surface area contributed by atoms with Crippen LogP contribution in [0.4, 0.5) is 5.69 Å². The Morgan fingerprint density at radius 2 is 1.85 bits per heavy atom. The van der Waals surface area contributed by atoms with Crippen molar-refractivity contribution < 1.29 is 19.0 Å². The normalized spacial score (nSPS) is 16.0. The van der Waals surface area contributed by atoms with Gasteiger partial charge in [-0.05, 0) is 19.8 Å². The lowest BCUT2D eigenvalue weighted by Crippen LogP contribution is -2.32. The molecule has 1 heterocycles. The van der Waals surface area contributed by atoms with Gasteiger partial charge in [-0.25, -0.2) is 9.30 Å². The van der Waals surface area contributed by atoms with E-state index < -0.39 is 0 Å². The van der Waals surface area contributed by atoms with E-state index in [1.165, 1.54) is 26.2 Å². The van der Waals surface area contributed by atoms with Crippen molar-refractivity contribution >= 4 is 28.6 Å². The molecule has 0 spiro atoms. The fourth-order valence-electron chi connectivity index (χ4n) is 2.72. The summed E-state index contributed by atoms with van der Waals surface area (Å²) >= 11 is 1.39. The van der Waals surface area contributed by atoms with Crippen molar-refractivity contribution in [2.75, 3.05) is 34.4 Å². The number of nitrogens with zero attached hydrogens (tertiary/aromatic N) is 3. The molecule has 2 rings (SSSR count). The third-order valence-corrected chi connectivity index (χ3v) is 5.28. The Hall–Kier alpha value is -2.24. The number of nitriles is 1. The number of carbonyl (C=O) groups excluding carboxylic acids is 1. The molecule has 8 heteroatoms. The van der Waals surface area contributed by atoms with Crippen molar-refractivity contribution in [1.82, 2.24) is 4.31 Å². The van der Waals surface area contributed by atoms with Gasteiger partial charge in [-0.2, -0.15) is 5.26 Å². The van der Waals surface area contributed by atoms with E-state index in [1.807, 2.05) is 0 Å². The van der Waals surface area contributed by atoms with E-state index >= 15 is 0 Å². The minimum Gasteiger partial charge on any atom is -0.493 e. The number of ketones is 1. The van der Waals surface area contributed by atoms with Gasteiger partial charge in [-0.1, -0.05) is 0 Å². The molecule has 0 atom stereocenters. The third kappa shape index (κ3) is 4.90. The first-order valence-corrected chi connectivity index (χ1v) is 9.01. The number of benzene rings is 1. The first kappa shape index (κ1) is 20.1. The summed E-state index contributed by atoms with van der Waals surface area (Å²) in [5, 5.41) is 9.81. The Labute approximate surface area is 158 Å². The molecule has 0 aromatic heterocycles. The summed E-state index contributed by atoms with van der Waals surface area (Å²) in [5.41, 5.74) is 0.821. The van der Waals surface area contributed by atoms with Gasteiger partial charge in [0.2, 0.25) is 0 Å². The molecule has 1 aliphatic rings. The molecular weight excluding hydrogens is 354 g/mol. The third-order valence-electron chi connectivity index (χ3n) is 4.24. The van der Waals surface area contributed by atoms with Gasteiger partial charge in [-0.15, -0.1) is 0 Å². The van der Waals surface area contributed by atoms with E-state index in [2.05, 4.69) is 15.4 Å². The lowest BCUT2D eigenvalue weighted by Gasteiger charge is -2.29. The molecular formula is C18H23N3O4S. The van der Waals surface area contributed by atoms with Crippen LogP contribution in [0, 0.1) is 17.2 Å². The van der Waals surface area contributed by atoms with Gasteiger partial charge < -0.3 is 14.2 Å². The molecule has 26 heavy (non-hydrogen) atoms. The highest BCUT2D eigenvalue weighted by Gasteiger charge is 2.24. The number of methoxy groups -OCH3 is 3. The van der Waals surface area contributed by atoms with Crippen LogP contribution < -0.4 is 9.47 Å². The van der Waals surface area contributed by atoms with Gasteiger partial charge in [0.1, 0.15) is 11.9 Å². The molecule has 7 nitrogen and oxygen atoms in total. The molecule has 1 fully saturated rings. The van der Waals surface area contributed by atoms with E-state index in [-0.39, 0.29) is 11.7 Å². The SMILES string of the molecule is CO/C(=N\c1cc(OC)c(OC)cc1C#N)SN1CCC(C(C)=O)CC1. The van der Waals surface area contributed by atoms with E-state index in [1.54, 1.807) is 26.2 Å². The fraction of sp³-hybridized carbons (Fsp3) is 0.500. The maximum Gasteiger partial charge on any atom is 0.266 e. The van der Waals surface area contributed by atoms with Crippen molar-refractivity contribution in [2.24, 2.45) is 10.9 Å². The zero-order valence-electron chi connectivity index (χ0n) is 15.4. The van der Waals surface area contributed by atoms with Crippen molar-refractivity contribution in [1.29, 1.82) is 5.26 Å². The predicted octanol–water partition coefficient (Wildman–Crippen LogP) is 3.16. The fourth-order valence-corrected chi connectivity index (χ4v) is 3.54. The van der Waals surface area contributed by atoms with Crippen LogP contribution in [-0.2, 0) is 9.53 Å². The lowest BCUT2D eigenvalue weighted by molar-refractivity contribution is -0.121. The average Bonchev–Trinajstić information content (AvgIpc) is 2.67. The van der Waals surface area contributed by atoms with Gasteiger partial charge in [0.05, 0.1) is 32.6 Å². The summed E-state index contributed by atoms with van der Waals surface area (Å²) in [7, 11) is 4.59. The Kier molecular flexibility index (Phi) is 7.30. The summed E-state index contributed by atoms with van der Waals surface area (Å²) in [4.78, 5) is 16.0. The molecule has 0 amide bonds. The van der Waals surface area contributed by atoms with Crippen LogP contribution in [0.3, 0.4) is 0 Å². The maximum atomic E-state index is 11.5. The second-order valence-electron chi connectivity index (χ2n) is 5.82. The summed E-state index contributed by atoms with van der Waals surface area (Å²) in [5.74, 6) is 1.36. The summed E-state index contributed by atoms with van der Waals surface area (Å²) < 4.78 is 18.0. The lowest BCUT2D eigenvalue weighted by atomic mass is 9.95. The minimum absolute atomic E-state index is 0.144. The molecule has 0 bridgehead atoms. The molecule has 1 aromatic rings. The summed E-state index contributed by atoms with van der Waals surface area (Å²) in [6.45, 7) is 3.22. The number of hydrogen-bond donors (Lipinski definition) is 0. The number of Topliss-reactive ketones (excluding diaryl/α,β-unsaturated/α-hetero) is 1. The van der Waals surface area contributed by atoms with Crippen LogP contribution in [0.2, 0.25) is 0 Å². The Morgan fingerprint density at radius 3 is 2.35 bits per heavy atom. The van der Waals surface area contributed by atoms with Crippen LogP contribution in [0.25, 0.3) is 0 Å². The molecule has 1 aliphatic heterocycles. The molecule has 140 valence electrons. The standard InChI is InChI=1S/C18H23N3O4S/c1-12(22)13-5-7-21(8-6-13)26-18(25-4)20-15-10-17(24-3)16(23-2)9-14(15)11-19/h9-10,13H,5-8H2,1-4H3/b20-18+. The van der Waals surface area contributed by atoms with Crippen molar-refractivity contribution in [3.63, 3.8) is 0 Å². The zero-order chi connectivity index (χ0) is 19.1. The molecule has 0 aliphatic carbocycles. The topological polar surface area (TPSA) is 84.2 Å². The number of rotatable bonds is 5. The predicted molar refractivity (Wildman–Crippen MR) is 101 cm³/mol. The Morgan fingerprint density at radius 1 is 1.23 bits per heavy atom. The monoisotopic (exact) mass is 377 g/mol. The largest absolute Gasteiger partial charge is 0.493 e. The Balaban J connectivity index is 2.18. The zero-order valence-corrected chi connectivity index (χ0v) is 16.3. The van der Waals surface area contributed by atoms with Crippen LogP contribution in [0.1, 0.15) is 25.3 Å². The van der Waals surface area contributed by atoms with Crippen LogP contribution in [0.5, 0.6) is 11.5 Å². The number of ether oxygens (including phenoxy) is 3. The van der Waals surface area contributed by atoms with Crippen LogP contribution in [-0.4, -0.2) is 49.7 Å². The maximum absolute atomic E-state index is 11.5. The van der Waals surface area contributed by atoms with Crippen molar-refractivity contribution in [3.8, 4) is 17.6 Å². The highest BCUT2D eigenvalue weighted by atomic mass is 32.2. The molecule has 1 saturated heterocycles. The quantitative estimate of drug-likeness (QED) is 0.443. The van der Waals surface area contributed by atoms with Crippen LogP contribution >= 0.6 is 11.9 Å². The summed E-state index contributed by atoms with van der Waals surface area (Å²) in [6, 6.07) is 5.36. The molecule has 0 N–H and O–H groups in total. The van der Waals surface area contributed by atoms with Gasteiger partial charge >= 0.3 is 0 Å². The highest BCUT2D eigenvalue weighted by molar-refractivity contribution is 8.11. The van der Waals surface area contributed by atoms with Crippen LogP contribution in [0.15, 0.2) is 17.1 Å². The van der Waals surface area contributed by atoms with E-state index in [0.29, 0.717) is 28.0 Å². The van der Waals surface area contributed by atoms with Gasteiger partial charge in [0.15, 0.2) is 11.5 Å². The Bertz CT molecular complexity index is 722. The number of aliphatic imine (C=N–C) groups is 1. The molecule has 1 aromatic carbocycles. The second kappa shape index (κ2) is 9.46. The van der Waals surface area contributed by atoms with Crippen molar-refractivity contribution in [3.05, 3.63) is 17.7 Å². The summed E-state index contributed by atoms with van der Waals surface area (Å²) in [6.07, 6.45) is 1.66. The molecule has 0 radical (unpaired) electrons. The van der Waals surface area contributed by atoms with Gasteiger partial charge in [0, 0.05) is 43.1 Å². The molecule has 0 unspecified atom stereocenters. The average molecular weight is 377 g/mol. The number of carbonyl (C=O) groups is 1. The minimum atomic E-state index is 0.144. The van der Waals surface area contributed by atoms with Crippen molar-refractivity contribution in [2.45, 2.75) is 19.8 Å². The smallest absolute Gasteiger partial charge is 0.266 e. The van der Waals surface area contributed by atoms with E-state index in [4.69, 9.17) is 14.2 Å². The first-order chi connectivity index (χ1) is 12.5. The number of hydrogen-bond acceptors (Lipinski definition) is 8. The number of piperidine rings is 1.